The zero-order chi connectivity index (χ0) is 19.2. The van der Waals surface area contributed by atoms with Crippen molar-refractivity contribution in [1.29, 1.82) is 0 Å². The number of hydrogen-bond donors (Lipinski definition) is 0. The van der Waals surface area contributed by atoms with E-state index in [-0.39, 0.29) is 0 Å². The van der Waals surface area contributed by atoms with Gasteiger partial charge in [0.2, 0.25) is 5.88 Å². The number of rotatable bonds is 8. The molecule has 0 radical (unpaired) electrons. The van der Waals surface area contributed by atoms with Crippen molar-refractivity contribution in [3.63, 3.8) is 0 Å². The zero-order valence-electron chi connectivity index (χ0n) is 15.9. The summed E-state index contributed by atoms with van der Waals surface area (Å²) in [5.41, 5.74) is 2.80. The van der Waals surface area contributed by atoms with Crippen LogP contribution in [0.25, 0.3) is 10.9 Å². The second-order valence-electron chi connectivity index (χ2n) is 6.73. The van der Waals surface area contributed by atoms with Crippen molar-refractivity contribution >= 4 is 17.2 Å². The van der Waals surface area contributed by atoms with Crippen LogP contribution in [0.3, 0.4) is 0 Å². The molecule has 0 aliphatic heterocycles. The first-order chi connectivity index (χ1) is 13.0. The predicted octanol–water partition coefficient (Wildman–Crippen LogP) is 4.02. The molecule has 0 atom stereocenters. The van der Waals surface area contributed by atoms with E-state index in [1.165, 1.54) is 0 Å². The molecular formula is C22H24N2O3. The van der Waals surface area contributed by atoms with Gasteiger partial charge in [-0.15, -0.1) is 0 Å². The molecule has 0 spiro atoms. The topological polar surface area (TPSA) is 51.7 Å². The molecule has 0 saturated heterocycles. The molecule has 3 aromatic rings. The highest BCUT2D eigenvalue weighted by Gasteiger charge is 2.06. The molecule has 5 nitrogen and oxygen atoms in total. The molecule has 5 heteroatoms. The van der Waals surface area contributed by atoms with E-state index in [2.05, 4.69) is 9.88 Å². The van der Waals surface area contributed by atoms with Gasteiger partial charge in [0.1, 0.15) is 24.4 Å². The molecule has 27 heavy (non-hydrogen) atoms. The quantitative estimate of drug-likeness (QED) is 0.565. The van der Waals surface area contributed by atoms with Crippen molar-refractivity contribution in [2.24, 2.45) is 0 Å². The summed E-state index contributed by atoms with van der Waals surface area (Å²) >= 11 is 0. The molecule has 1 heterocycles. The average Bonchev–Trinajstić information content (AvgIpc) is 2.64. The number of carbonyl (C=O) groups is 1. The fourth-order valence-electron chi connectivity index (χ4n) is 2.72. The maximum Gasteiger partial charge on any atom is 0.219 e. The van der Waals surface area contributed by atoms with Gasteiger partial charge >= 0.3 is 0 Å². The molecule has 0 aliphatic carbocycles. The van der Waals surface area contributed by atoms with Gasteiger partial charge in [-0.2, -0.15) is 0 Å². The number of fused-ring (bicyclic) bond motifs is 1. The first kappa shape index (κ1) is 18.9. The van der Waals surface area contributed by atoms with E-state index in [0.29, 0.717) is 18.9 Å². The van der Waals surface area contributed by atoms with Crippen molar-refractivity contribution in [3.05, 3.63) is 59.7 Å². The number of aldehydes is 1. The predicted molar refractivity (Wildman–Crippen MR) is 107 cm³/mol. The first-order valence-electron chi connectivity index (χ1n) is 8.94. The van der Waals surface area contributed by atoms with Crippen molar-refractivity contribution in [2.75, 3.05) is 27.2 Å². The Hall–Kier alpha value is -2.92. The van der Waals surface area contributed by atoms with E-state index in [9.17, 15) is 4.79 Å². The highest BCUT2D eigenvalue weighted by molar-refractivity contribution is 5.80. The minimum absolute atomic E-state index is 0.413. The van der Waals surface area contributed by atoms with Gasteiger partial charge in [-0.25, -0.2) is 4.98 Å². The van der Waals surface area contributed by atoms with Gasteiger partial charge in [0.25, 0.3) is 0 Å². The van der Waals surface area contributed by atoms with Crippen LogP contribution in [0.4, 0.5) is 0 Å². The summed E-state index contributed by atoms with van der Waals surface area (Å²) in [6.07, 6.45) is 1.32. The Morgan fingerprint density at radius 1 is 1.07 bits per heavy atom. The van der Waals surface area contributed by atoms with Crippen LogP contribution in [-0.4, -0.2) is 43.4 Å². The molecular weight excluding hydrogens is 340 g/mol. The van der Waals surface area contributed by atoms with E-state index < -0.39 is 0 Å². The summed E-state index contributed by atoms with van der Waals surface area (Å²) in [5, 5.41) is 0.989. The highest BCUT2D eigenvalue weighted by atomic mass is 16.5. The molecule has 1 aromatic heterocycles. The number of likely N-dealkylation sites (N-methyl/N-ethyl adjacent to an activating group) is 1. The van der Waals surface area contributed by atoms with Gasteiger partial charge in [0.05, 0.1) is 5.52 Å². The van der Waals surface area contributed by atoms with Crippen LogP contribution in [0.1, 0.15) is 11.1 Å². The molecule has 0 aliphatic rings. The van der Waals surface area contributed by atoms with E-state index >= 15 is 0 Å². The summed E-state index contributed by atoms with van der Waals surface area (Å²) in [4.78, 5) is 17.3. The van der Waals surface area contributed by atoms with E-state index in [4.69, 9.17) is 9.47 Å². The summed E-state index contributed by atoms with van der Waals surface area (Å²) in [7, 11) is 4.04. The van der Waals surface area contributed by atoms with E-state index in [1.807, 2.05) is 69.6 Å². The smallest absolute Gasteiger partial charge is 0.219 e. The summed E-state index contributed by atoms with van der Waals surface area (Å²) < 4.78 is 11.7. The van der Waals surface area contributed by atoms with Gasteiger partial charge in [-0.05, 0) is 68.5 Å². The molecule has 0 fully saturated rings. The van der Waals surface area contributed by atoms with Crippen molar-refractivity contribution in [1.82, 2.24) is 9.88 Å². The third-order valence-electron chi connectivity index (χ3n) is 4.22. The lowest BCUT2D eigenvalue weighted by atomic mass is 10.1. The Labute approximate surface area is 159 Å². The number of hydrogen-bond acceptors (Lipinski definition) is 5. The second-order valence-corrected chi connectivity index (χ2v) is 6.73. The average molecular weight is 364 g/mol. The van der Waals surface area contributed by atoms with Gasteiger partial charge in [0.15, 0.2) is 0 Å². The summed E-state index contributed by atoms with van der Waals surface area (Å²) in [6, 6.07) is 15.4. The van der Waals surface area contributed by atoms with Crippen LogP contribution in [0.2, 0.25) is 0 Å². The van der Waals surface area contributed by atoms with E-state index in [1.54, 1.807) is 0 Å². The molecule has 2 aromatic carbocycles. The summed E-state index contributed by atoms with van der Waals surface area (Å²) in [5.74, 6) is 2.12. The molecule has 3 rings (SSSR count). The number of aryl methyl sites for hydroxylation is 1. The Morgan fingerprint density at radius 3 is 2.67 bits per heavy atom. The first-order valence-corrected chi connectivity index (χ1v) is 8.94. The number of pyridine rings is 1. The monoisotopic (exact) mass is 364 g/mol. The second kappa shape index (κ2) is 8.64. The van der Waals surface area contributed by atoms with Gasteiger partial charge in [0, 0.05) is 24.4 Å². The molecule has 0 bridgehead atoms. The molecule has 0 amide bonds. The van der Waals surface area contributed by atoms with Crippen LogP contribution in [-0.2, 0) is 11.2 Å². The third kappa shape index (κ3) is 5.05. The number of carbonyl (C=O) groups excluding carboxylic acids is 1. The lowest BCUT2D eigenvalue weighted by molar-refractivity contribution is -0.107. The van der Waals surface area contributed by atoms with Crippen LogP contribution in [0.5, 0.6) is 17.4 Å². The Morgan fingerprint density at radius 2 is 1.93 bits per heavy atom. The summed E-state index contributed by atoms with van der Waals surface area (Å²) in [6.45, 7) is 3.50. The van der Waals surface area contributed by atoms with Crippen LogP contribution < -0.4 is 9.47 Å². The van der Waals surface area contributed by atoms with Crippen molar-refractivity contribution < 1.29 is 14.3 Å². The van der Waals surface area contributed by atoms with Crippen LogP contribution in [0.15, 0.2) is 48.5 Å². The largest absolute Gasteiger partial charge is 0.492 e. The fourth-order valence-corrected chi connectivity index (χ4v) is 2.72. The lowest BCUT2D eigenvalue weighted by Crippen LogP contribution is -2.19. The fraction of sp³-hybridized carbons (Fsp3) is 0.273. The Kier molecular flexibility index (Phi) is 6.04. The highest BCUT2D eigenvalue weighted by Crippen LogP contribution is 2.28. The number of nitrogens with zero attached hydrogens (tertiary/aromatic N) is 2. The minimum atomic E-state index is 0.413. The number of aromatic nitrogens is 1. The van der Waals surface area contributed by atoms with Gasteiger partial charge in [-0.1, -0.05) is 6.07 Å². The Balaban J connectivity index is 1.72. The Bertz CT molecular complexity index is 938. The van der Waals surface area contributed by atoms with Crippen LogP contribution >= 0.6 is 0 Å². The SMILES string of the molecule is Cc1cc(OCCN(C)C)ccc1Oc1ccc2cc(CC=O)ccc2n1. The minimum Gasteiger partial charge on any atom is -0.492 e. The standard InChI is InChI=1S/C22H24N2O3/c1-16-14-19(26-13-11-24(2)3)6-8-21(16)27-22-9-5-18-15-17(10-12-25)4-7-20(18)23-22/h4-9,12,14-15H,10-11,13H2,1-3H3. The number of benzene rings is 2. The van der Waals surface area contributed by atoms with E-state index in [0.717, 1.165) is 46.4 Å². The lowest BCUT2D eigenvalue weighted by Gasteiger charge is -2.13. The maximum absolute atomic E-state index is 10.7. The third-order valence-corrected chi connectivity index (χ3v) is 4.22. The van der Waals surface area contributed by atoms with Gasteiger partial charge in [-0.3, -0.25) is 0 Å². The van der Waals surface area contributed by atoms with Crippen molar-refractivity contribution in [2.45, 2.75) is 13.3 Å². The number of ether oxygens (including phenoxy) is 2. The molecule has 0 saturated carbocycles. The molecule has 0 N–H and O–H groups in total. The van der Waals surface area contributed by atoms with Crippen LogP contribution in [0, 0.1) is 6.92 Å². The molecule has 140 valence electrons. The maximum atomic E-state index is 10.7. The van der Waals surface area contributed by atoms with Crippen molar-refractivity contribution in [3.8, 4) is 17.4 Å². The molecule has 0 unspecified atom stereocenters. The zero-order valence-corrected chi connectivity index (χ0v) is 15.9. The normalized spacial score (nSPS) is 11.0. The van der Waals surface area contributed by atoms with Gasteiger partial charge < -0.3 is 19.2 Å².